The Morgan fingerprint density at radius 2 is 1.62 bits per heavy atom. The lowest BCUT2D eigenvalue weighted by Gasteiger charge is -2.37. The smallest absolute Gasteiger partial charge is 0.258 e. The molecular weight excluding hydrogens is 440 g/mol. The molecule has 0 saturated heterocycles. The summed E-state index contributed by atoms with van der Waals surface area (Å²) in [5.74, 6) is 1.04. The largest absolute Gasteiger partial charge is 0.351 e. The molecule has 1 N–H and O–H groups in total. The molecule has 0 radical (unpaired) electrons. The fraction of sp³-hybridized carbons (Fsp3) is 0.179. The molecule has 0 aliphatic carbocycles. The minimum Gasteiger partial charge on any atom is -0.351 e. The number of hydrogen-bond donors (Lipinski definition) is 1. The monoisotopic (exact) mass is 466 g/mol. The number of nitrogens with one attached hydrogen (secondary N) is 1. The number of rotatable bonds is 4. The molecule has 1 unspecified atom stereocenters. The summed E-state index contributed by atoms with van der Waals surface area (Å²) < 4.78 is 5.84. The third-order valence-corrected chi connectivity index (χ3v) is 6.63. The van der Waals surface area contributed by atoms with Crippen molar-refractivity contribution in [3.8, 4) is 11.4 Å². The Balaban J connectivity index is 1.67. The summed E-state index contributed by atoms with van der Waals surface area (Å²) >= 11 is 5.85. The van der Waals surface area contributed by atoms with Gasteiger partial charge in [0.1, 0.15) is 0 Å². The number of aryl methyl sites for hydroxylation is 3. The molecule has 1 aliphatic rings. The second-order valence-electron chi connectivity index (χ2n) is 8.69. The highest BCUT2D eigenvalue weighted by Gasteiger charge is 2.34. The van der Waals surface area contributed by atoms with Gasteiger partial charge >= 0.3 is 0 Å². The molecule has 2 heterocycles. The van der Waals surface area contributed by atoms with Gasteiger partial charge < -0.3 is 9.84 Å². The molecular formula is C28H26N4OS. The third kappa shape index (κ3) is 4.01. The minimum absolute atomic E-state index is 0.211. The van der Waals surface area contributed by atoms with E-state index < -0.39 is 0 Å². The summed E-state index contributed by atoms with van der Waals surface area (Å²) in [5, 5.41) is 8.46. The van der Waals surface area contributed by atoms with Crippen molar-refractivity contribution < 1.29 is 4.52 Å². The molecule has 0 fully saturated rings. The van der Waals surface area contributed by atoms with Crippen molar-refractivity contribution in [2.45, 2.75) is 33.7 Å². The van der Waals surface area contributed by atoms with Gasteiger partial charge in [0.2, 0.25) is 5.82 Å². The van der Waals surface area contributed by atoms with E-state index in [0.29, 0.717) is 16.8 Å². The van der Waals surface area contributed by atoms with Gasteiger partial charge in [-0.05, 0) is 68.7 Å². The maximum atomic E-state index is 5.85. The SMILES string of the molecule is CC1=C(c2nc(-c3ccccc3)no2)C(c2ccc(C)c(C)c2)NC(=S)N1c1ccc(C)cc1. The van der Waals surface area contributed by atoms with Crippen molar-refractivity contribution in [2.75, 3.05) is 4.90 Å². The van der Waals surface area contributed by atoms with Gasteiger partial charge in [0.25, 0.3) is 5.89 Å². The van der Waals surface area contributed by atoms with Crippen LogP contribution in [0, 0.1) is 20.8 Å². The van der Waals surface area contributed by atoms with Crippen LogP contribution >= 0.6 is 12.2 Å². The van der Waals surface area contributed by atoms with Gasteiger partial charge in [0.05, 0.1) is 11.6 Å². The Kier molecular flexibility index (Phi) is 5.75. The zero-order valence-corrected chi connectivity index (χ0v) is 20.5. The summed E-state index contributed by atoms with van der Waals surface area (Å²) in [6, 6.07) is 24.4. The molecule has 1 aromatic heterocycles. The van der Waals surface area contributed by atoms with E-state index >= 15 is 0 Å². The van der Waals surface area contributed by atoms with Crippen molar-refractivity contribution >= 4 is 28.6 Å². The first-order valence-electron chi connectivity index (χ1n) is 11.3. The quantitative estimate of drug-likeness (QED) is 0.345. The van der Waals surface area contributed by atoms with Crippen LogP contribution in [-0.2, 0) is 0 Å². The standard InChI is InChI=1S/C28H26N4OS/c1-17-10-14-23(15-11-17)32-20(4)24(27-30-26(31-33-27)21-8-6-5-7-9-21)25(29-28(32)34)22-13-12-18(2)19(3)16-22/h5-16,25H,1-4H3,(H,29,34). The lowest BCUT2D eigenvalue weighted by Crippen LogP contribution is -2.46. The Morgan fingerprint density at radius 3 is 2.32 bits per heavy atom. The average Bonchev–Trinajstić information content (AvgIpc) is 3.32. The number of allylic oxidation sites excluding steroid dienone is 1. The van der Waals surface area contributed by atoms with Crippen molar-refractivity contribution in [1.82, 2.24) is 15.5 Å². The fourth-order valence-electron chi connectivity index (χ4n) is 4.26. The predicted octanol–water partition coefficient (Wildman–Crippen LogP) is 6.53. The van der Waals surface area contributed by atoms with Gasteiger partial charge in [-0.3, -0.25) is 4.90 Å². The topological polar surface area (TPSA) is 54.2 Å². The maximum absolute atomic E-state index is 5.85. The van der Waals surface area contributed by atoms with Crippen LogP contribution in [0.25, 0.3) is 17.0 Å². The van der Waals surface area contributed by atoms with Gasteiger partial charge in [-0.15, -0.1) is 0 Å². The van der Waals surface area contributed by atoms with Gasteiger partial charge in [0.15, 0.2) is 5.11 Å². The van der Waals surface area contributed by atoms with E-state index in [-0.39, 0.29) is 6.04 Å². The molecule has 34 heavy (non-hydrogen) atoms. The van der Waals surface area contributed by atoms with E-state index in [0.717, 1.165) is 28.1 Å². The number of nitrogens with zero attached hydrogens (tertiary/aromatic N) is 3. The summed E-state index contributed by atoms with van der Waals surface area (Å²) in [6.45, 7) is 8.37. The van der Waals surface area contributed by atoms with Crippen molar-refractivity contribution in [1.29, 1.82) is 0 Å². The molecule has 0 spiro atoms. The maximum Gasteiger partial charge on any atom is 0.258 e. The molecule has 6 heteroatoms. The van der Waals surface area contributed by atoms with Crippen LogP contribution in [0.15, 0.2) is 83.0 Å². The zero-order chi connectivity index (χ0) is 23.8. The Hall–Kier alpha value is -3.77. The molecule has 5 nitrogen and oxygen atoms in total. The van der Waals surface area contributed by atoms with Crippen LogP contribution in [0.1, 0.15) is 41.1 Å². The summed E-state index contributed by atoms with van der Waals surface area (Å²) in [5.41, 5.74) is 8.52. The molecule has 0 bridgehead atoms. The van der Waals surface area contributed by atoms with E-state index in [1.54, 1.807) is 0 Å². The van der Waals surface area contributed by atoms with Gasteiger partial charge in [0, 0.05) is 16.9 Å². The Morgan fingerprint density at radius 1 is 0.882 bits per heavy atom. The zero-order valence-electron chi connectivity index (χ0n) is 19.7. The van der Waals surface area contributed by atoms with E-state index in [2.05, 4.69) is 80.6 Å². The van der Waals surface area contributed by atoms with Gasteiger partial charge in [-0.1, -0.05) is 71.4 Å². The first-order valence-corrected chi connectivity index (χ1v) is 11.7. The molecule has 3 aromatic carbocycles. The van der Waals surface area contributed by atoms with Gasteiger partial charge in [-0.2, -0.15) is 4.98 Å². The average molecular weight is 467 g/mol. The predicted molar refractivity (Wildman–Crippen MR) is 140 cm³/mol. The molecule has 5 rings (SSSR count). The van der Waals surface area contributed by atoms with Crippen LogP contribution in [0.4, 0.5) is 5.69 Å². The second-order valence-corrected chi connectivity index (χ2v) is 9.07. The van der Waals surface area contributed by atoms with Crippen molar-refractivity contribution in [3.05, 3.63) is 107 Å². The normalized spacial score (nSPS) is 16.1. The summed E-state index contributed by atoms with van der Waals surface area (Å²) in [7, 11) is 0. The first kappa shape index (κ1) is 22.0. The van der Waals surface area contributed by atoms with Crippen LogP contribution in [0.3, 0.4) is 0 Å². The molecule has 170 valence electrons. The van der Waals surface area contributed by atoms with Gasteiger partial charge in [-0.25, -0.2) is 0 Å². The minimum atomic E-state index is -0.211. The number of hydrogen-bond acceptors (Lipinski definition) is 4. The fourth-order valence-corrected chi connectivity index (χ4v) is 4.62. The number of benzene rings is 3. The van der Waals surface area contributed by atoms with Crippen LogP contribution < -0.4 is 10.2 Å². The lowest BCUT2D eigenvalue weighted by molar-refractivity contribution is 0.404. The Bertz CT molecular complexity index is 1390. The molecule has 1 atom stereocenters. The summed E-state index contributed by atoms with van der Waals surface area (Å²) in [4.78, 5) is 6.83. The van der Waals surface area contributed by atoms with Crippen LogP contribution in [0.5, 0.6) is 0 Å². The van der Waals surface area contributed by atoms with E-state index in [1.807, 2.05) is 35.2 Å². The number of thiocarbonyl (C=S) groups is 1. The molecule has 4 aromatic rings. The van der Waals surface area contributed by atoms with Crippen LogP contribution in [0.2, 0.25) is 0 Å². The van der Waals surface area contributed by atoms with Crippen molar-refractivity contribution in [2.24, 2.45) is 0 Å². The van der Waals surface area contributed by atoms with Crippen LogP contribution in [-0.4, -0.2) is 15.3 Å². The Labute approximate surface area is 205 Å². The third-order valence-electron chi connectivity index (χ3n) is 6.33. The van der Waals surface area contributed by atoms with E-state index in [9.17, 15) is 0 Å². The van der Waals surface area contributed by atoms with E-state index in [1.165, 1.54) is 16.7 Å². The highest BCUT2D eigenvalue weighted by atomic mass is 32.1. The second kappa shape index (κ2) is 8.88. The summed E-state index contributed by atoms with van der Waals surface area (Å²) in [6.07, 6.45) is 0. The molecule has 0 amide bonds. The highest BCUT2D eigenvalue weighted by Crippen LogP contribution is 2.39. The van der Waals surface area contributed by atoms with Crippen molar-refractivity contribution in [3.63, 3.8) is 0 Å². The van der Waals surface area contributed by atoms with E-state index in [4.69, 9.17) is 21.7 Å². The molecule has 1 aliphatic heterocycles. The molecule has 0 saturated carbocycles. The highest BCUT2D eigenvalue weighted by molar-refractivity contribution is 7.80. The first-order chi connectivity index (χ1) is 16.4. The lowest BCUT2D eigenvalue weighted by atomic mass is 9.92. The number of anilines is 1. The number of aromatic nitrogens is 2.